The number of carbonyl (C=O) groups is 1. The Morgan fingerprint density at radius 2 is 2.21 bits per heavy atom. The molecule has 19 heavy (non-hydrogen) atoms. The lowest BCUT2D eigenvalue weighted by Gasteiger charge is -1.97. The first kappa shape index (κ1) is 13.2. The Morgan fingerprint density at radius 1 is 1.37 bits per heavy atom. The fourth-order valence-electron chi connectivity index (χ4n) is 1.71. The Kier molecular flexibility index (Phi) is 4.22. The lowest BCUT2D eigenvalue weighted by atomic mass is 10.2. The van der Waals surface area contributed by atoms with Gasteiger partial charge in [0.15, 0.2) is 0 Å². The van der Waals surface area contributed by atoms with Crippen molar-refractivity contribution < 1.29 is 14.3 Å². The topological polar surface area (TPSA) is 89.1 Å². The molecule has 0 aromatic carbocycles. The summed E-state index contributed by atoms with van der Waals surface area (Å²) in [4.78, 5) is 14.6. The Bertz CT molecular complexity index is 566. The zero-order chi connectivity index (χ0) is 13.7. The van der Waals surface area contributed by atoms with Crippen molar-refractivity contribution in [2.45, 2.75) is 32.6 Å². The zero-order valence-corrected chi connectivity index (χ0v) is 10.7. The first-order chi connectivity index (χ1) is 9.16. The summed E-state index contributed by atoms with van der Waals surface area (Å²) in [5, 5.41) is 16.4. The molecule has 6 heteroatoms. The van der Waals surface area contributed by atoms with Gasteiger partial charge in [-0.3, -0.25) is 9.78 Å². The number of aliphatic carboxylic acids is 1. The highest BCUT2D eigenvalue weighted by atomic mass is 16.4. The summed E-state index contributed by atoms with van der Waals surface area (Å²) in [6.07, 6.45) is 3.76. The second-order valence-corrected chi connectivity index (χ2v) is 4.27. The molecule has 2 aromatic heterocycles. The van der Waals surface area contributed by atoms with Crippen molar-refractivity contribution in [3.8, 4) is 11.6 Å². The number of nitrogens with zero attached hydrogens (tertiary/aromatic N) is 3. The Hall–Kier alpha value is -2.24. The van der Waals surface area contributed by atoms with Crippen molar-refractivity contribution in [1.29, 1.82) is 0 Å². The summed E-state index contributed by atoms with van der Waals surface area (Å²) < 4.78 is 5.53. The Balaban J connectivity index is 1.96. The number of aromatic nitrogens is 3. The average molecular weight is 261 g/mol. The lowest BCUT2D eigenvalue weighted by molar-refractivity contribution is -0.137. The summed E-state index contributed by atoms with van der Waals surface area (Å²) in [6.45, 7) is 1.93. The zero-order valence-electron chi connectivity index (χ0n) is 10.7. The Labute approximate surface area is 110 Å². The van der Waals surface area contributed by atoms with Crippen LogP contribution in [0.15, 0.2) is 22.7 Å². The molecule has 2 rings (SSSR count). The van der Waals surface area contributed by atoms with Gasteiger partial charge in [0.25, 0.3) is 5.89 Å². The third-order valence-corrected chi connectivity index (χ3v) is 2.71. The second kappa shape index (κ2) is 6.08. The van der Waals surface area contributed by atoms with Crippen LogP contribution in [0.5, 0.6) is 0 Å². The van der Waals surface area contributed by atoms with E-state index in [4.69, 9.17) is 9.52 Å². The fourth-order valence-corrected chi connectivity index (χ4v) is 1.71. The van der Waals surface area contributed by atoms with E-state index in [1.807, 2.05) is 19.1 Å². The van der Waals surface area contributed by atoms with E-state index in [2.05, 4.69) is 15.2 Å². The van der Waals surface area contributed by atoms with Gasteiger partial charge < -0.3 is 9.52 Å². The molecule has 0 spiro atoms. The summed E-state index contributed by atoms with van der Waals surface area (Å²) >= 11 is 0. The molecule has 0 aliphatic heterocycles. The van der Waals surface area contributed by atoms with E-state index in [9.17, 15) is 4.79 Å². The first-order valence-corrected chi connectivity index (χ1v) is 6.13. The van der Waals surface area contributed by atoms with Gasteiger partial charge >= 0.3 is 5.97 Å². The molecule has 0 atom stereocenters. The number of hydrogen-bond acceptors (Lipinski definition) is 5. The molecule has 0 aliphatic rings. The molecule has 0 unspecified atom stereocenters. The van der Waals surface area contributed by atoms with E-state index >= 15 is 0 Å². The molecule has 0 radical (unpaired) electrons. The quantitative estimate of drug-likeness (QED) is 0.802. The molecule has 0 aliphatic carbocycles. The van der Waals surface area contributed by atoms with Crippen LogP contribution in [0.25, 0.3) is 11.6 Å². The number of hydrogen-bond donors (Lipinski definition) is 1. The summed E-state index contributed by atoms with van der Waals surface area (Å²) in [5.41, 5.74) is 1.66. The molecule has 100 valence electrons. The monoisotopic (exact) mass is 261 g/mol. The van der Waals surface area contributed by atoms with Crippen molar-refractivity contribution in [3.05, 3.63) is 29.8 Å². The van der Waals surface area contributed by atoms with Gasteiger partial charge in [0.1, 0.15) is 5.69 Å². The Morgan fingerprint density at radius 3 is 2.95 bits per heavy atom. The highest BCUT2D eigenvalue weighted by Gasteiger charge is 2.11. The lowest BCUT2D eigenvalue weighted by Crippen LogP contribution is -1.95. The number of carboxylic acids is 1. The molecule has 2 aromatic rings. The number of pyridine rings is 1. The van der Waals surface area contributed by atoms with Gasteiger partial charge in [-0.15, -0.1) is 10.2 Å². The molecular formula is C13H15N3O3. The number of rotatable bonds is 6. The molecule has 0 saturated heterocycles. The van der Waals surface area contributed by atoms with Crippen molar-refractivity contribution >= 4 is 5.97 Å². The maximum Gasteiger partial charge on any atom is 0.303 e. The number of aryl methyl sites for hydroxylation is 2. The standard InChI is InChI=1S/C13H15N3O3/c1-9-5-4-8-14-12(9)13-16-15-10(19-13)6-2-3-7-11(17)18/h4-5,8H,2-3,6-7H2,1H3,(H,17,18). The van der Waals surface area contributed by atoms with Crippen LogP contribution in [0.1, 0.15) is 30.7 Å². The van der Waals surface area contributed by atoms with Crippen molar-refractivity contribution in [1.82, 2.24) is 15.2 Å². The maximum atomic E-state index is 10.4. The fraction of sp³-hybridized carbons (Fsp3) is 0.385. The third-order valence-electron chi connectivity index (χ3n) is 2.71. The minimum Gasteiger partial charge on any atom is -0.481 e. The molecular weight excluding hydrogens is 246 g/mol. The van der Waals surface area contributed by atoms with Crippen LogP contribution in [0.3, 0.4) is 0 Å². The van der Waals surface area contributed by atoms with Gasteiger partial charge in [-0.25, -0.2) is 0 Å². The predicted octanol–water partition coefficient (Wildman–Crippen LogP) is 2.24. The van der Waals surface area contributed by atoms with Gasteiger partial charge in [0, 0.05) is 19.0 Å². The maximum absolute atomic E-state index is 10.4. The van der Waals surface area contributed by atoms with Crippen LogP contribution in [0.2, 0.25) is 0 Å². The van der Waals surface area contributed by atoms with E-state index in [0.29, 0.717) is 30.3 Å². The van der Waals surface area contributed by atoms with E-state index in [1.165, 1.54) is 0 Å². The van der Waals surface area contributed by atoms with Crippen LogP contribution < -0.4 is 0 Å². The number of carboxylic acid groups (broad SMARTS) is 1. The molecule has 0 bridgehead atoms. The highest BCUT2D eigenvalue weighted by molar-refractivity contribution is 5.66. The van der Waals surface area contributed by atoms with E-state index in [1.54, 1.807) is 6.20 Å². The van der Waals surface area contributed by atoms with Gasteiger partial charge in [0.2, 0.25) is 5.89 Å². The van der Waals surface area contributed by atoms with Crippen molar-refractivity contribution in [2.24, 2.45) is 0 Å². The van der Waals surface area contributed by atoms with Gasteiger partial charge in [-0.2, -0.15) is 0 Å². The van der Waals surface area contributed by atoms with E-state index < -0.39 is 5.97 Å². The smallest absolute Gasteiger partial charge is 0.303 e. The molecule has 0 fully saturated rings. The van der Waals surface area contributed by atoms with E-state index in [0.717, 1.165) is 12.0 Å². The highest BCUT2D eigenvalue weighted by Crippen LogP contribution is 2.19. The van der Waals surface area contributed by atoms with Gasteiger partial charge in [-0.1, -0.05) is 6.07 Å². The SMILES string of the molecule is Cc1cccnc1-c1nnc(CCCCC(=O)O)o1. The first-order valence-electron chi connectivity index (χ1n) is 6.13. The summed E-state index contributed by atoms with van der Waals surface area (Å²) in [5.74, 6) is 0.145. The van der Waals surface area contributed by atoms with Gasteiger partial charge in [0.05, 0.1) is 0 Å². The minimum atomic E-state index is -0.782. The normalized spacial score (nSPS) is 10.6. The summed E-state index contributed by atoms with van der Waals surface area (Å²) in [6, 6.07) is 3.78. The van der Waals surface area contributed by atoms with Crippen molar-refractivity contribution in [3.63, 3.8) is 0 Å². The average Bonchev–Trinajstić information content (AvgIpc) is 2.83. The molecule has 2 heterocycles. The van der Waals surface area contributed by atoms with Crippen LogP contribution in [0, 0.1) is 6.92 Å². The van der Waals surface area contributed by atoms with Gasteiger partial charge in [-0.05, 0) is 31.4 Å². The second-order valence-electron chi connectivity index (χ2n) is 4.27. The predicted molar refractivity (Wildman–Crippen MR) is 67.5 cm³/mol. The van der Waals surface area contributed by atoms with Crippen LogP contribution in [-0.2, 0) is 11.2 Å². The molecule has 6 nitrogen and oxygen atoms in total. The van der Waals surface area contributed by atoms with Crippen LogP contribution in [-0.4, -0.2) is 26.3 Å². The molecule has 0 amide bonds. The molecule has 1 N–H and O–H groups in total. The third kappa shape index (κ3) is 3.61. The van der Waals surface area contributed by atoms with E-state index in [-0.39, 0.29) is 6.42 Å². The largest absolute Gasteiger partial charge is 0.481 e. The summed E-state index contributed by atoms with van der Waals surface area (Å²) in [7, 11) is 0. The molecule has 0 saturated carbocycles. The number of unbranched alkanes of at least 4 members (excludes halogenated alkanes) is 1. The van der Waals surface area contributed by atoms with Crippen molar-refractivity contribution in [2.75, 3.05) is 0 Å². The van der Waals surface area contributed by atoms with Crippen LogP contribution >= 0.6 is 0 Å². The minimum absolute atomic E-state index is 0.167. The van der Waals surface area contributed by atoms with Crippen LogP contribution in [0.4, 0.5) is 0 Å².